The molecule has 1 heteroatoms. The van der Waals surface area contributed by atoms with Crippen LogP contribution in [0.4, 0.5) is 0 Å². The van der Waals surface area contributed by atoms with Gasteiger partial charge in [0.25, 0.3) is 0 Å². The van der Waals surface area contributed by atoms with Gasteiger partial charge in [-0.2, -0.15) is 0 Å². The molecule has 4 rings (SSSR count). The summed E-state index contributed by atoms with van der Waals surface area (Å²) in [6.45, 7) is 9.06. The maximum absolute atomic E-state index is 12.4. The molecule has 0 spiro atoms. The number of carbonyl (C=O) groups excluding carboxylic acids is 1. The van der Waals surface area contributed by atoms with Crippen LogP contribution < -0.4 is 0 Å². The summed E-state index contributed by atoms with van der Waals surface area (Å²) in [7, 11) is 0. The fraction of sp³-hybridized carbons (Fsp3) is 0.650. The predicted molar refractivity (Wildman–Crippen MR) is 85.8 cm³/mol. The van der Waals surface area contributed by atoms with E-state index in [4.69, 9.17) is 0 Å². The quantitative estimate of drug-likeness (QED) is 0.580. The second kappa shape index (κ2) is 4.21. The van der Waals surface area contributed by atoms with Gasteiger partial charge in [-0.15, -0.1) is 0 Å². The van der Waals surface area contributed by atoms with Crippen LogP contribution in [0.15, 0.2) is 36.0 Å². The molecule has 5 atom stereocenters. The molecule has 0 aliphatic heterocycles. The average molecular weight is 282 g/mol. The first kappa shape index (κ1) is 13.5. The Hall–Kier alpha value is -1.11. The topological polar surface area (TPSA) is 17.1 Å². The molecule has 0 radical (unpaired) electrons. The number of Topliss-reactive ketones (excluding diaryl/α,β-unsaturated/α-hetero) is 1. The van der Waals surface area contributed by atoms with Gasteiger partial charge in [0.15, 0.2) is 0 Å². The third-order valence-corrected chi connectivity index (χ3v) is 7.28. The number of hydrogen-bond acceptors (Lipinski definition) is 1. The number of carbonyl (C=O) groups is 1. The Morgan fingerprint density at radius 3 is 2.86 bits per heavy atom. The highest BCUT2D eigenvalue weighted by Crippen LogP contribution is 2.64. The number of fused-ring (bicyclic) bond motifs is 5. The zero-order chi connectivity index (χ0) is 14.8. The van der Waals surface area contributed by atoms with E-state index in [9.17, 15) is 4.79 Å². The molecule has 3 fully saturated rings. The molecule has 0 aromatic rings. The van der Waals surface area contributed by atoms with Gasteiger partial charge in [0.05, 0.1) is 0 Å². The van der Waals surface area contributed by atoms with Gasteiger partial charge in [-0.25, -0.2) is 0 Å². The molecule has 0 N–H and O–H groups in total. The van der Waals surface area contributed by atoms with E-state index in [1.807, 2.05) is 0 Å². The van der Waals surface area contributed by atoms with E-state index in [0.717, 1.165) is 32.1 Å². The molecule has 0 heterocycles. The highest BCUT2D eigenvalue weighted by molar-refractivity contribution is 5.87. The summed E-state index contributed by atoms with van der Waals surface area (Å²) in [5.41, 5.74) is 2.98. The summed E-state index contributed by atoms with van der Waals surface area (Å²) in [5, 5.41) is 0. The first-order chi connectivity index (χ1) is 9.97. The molecule has 4 aliphatic carbocycles. The predicted octanol–water partition coefficient (Wildman–Crippen LogP) is 4.85. The van der Waals surface area contributed by atoms with Gasteiger partial charge in [0.1, 0.15) is 5.78 Å². The van der Waals surface area contributed by atoms with Crippen LogP contribution in [0.1, 0.15) is 52.4 Å². The van der Waals surface area contributed by atoms with Gasteiger partial charge >= 0.3 is 0 Å². The van der Waals surface area contributed by atoms with Gasteiger partial charge < -0.3 is 0 Å². The molecule has 0 aromatic carbocycles. The van der Waals surface area contributed by atoms with E-state index in [1.54, 1.807) is 0 Å². The molecule has 112 valence electrons. The van der Waals surface area contributed by atoms with Crippen molar-refractivity contribution in [1.82, 2.24) is 0 Å². The van der Waals surface area contributed by atoms with E-state index in [1.165, 1.54) is 17.6 Å². The smallest absolute Gasteiger partial charge is 0.139 e. The lowest BCUT2D eigenvalue weighted by molar-refractivity contribution is -0.131. The van der Waals surface area contributed by atoms with Crippen molar-refractivity contribution in [3.05, 3.63) is 36.0 Å². The molecule has 0 saturated heterocycles. The summed E-state index contributed by atoms with van der Waals surface area (Å²) in [6.07, 6.45) is 13.6. The van der Waals surface area contributed by atoms with Crippen LogP contribution in [0.3, 0.4) is 0 Å². The molecular formula is C20H26O. The minimum atomic E-state index is -0.0304. The second-order valence-corrected chi connectivity index (χ2v) is 8.14. The van der Waals surface area contributed by atoms with Gasteiger partial charge in [-0.05, 0) is 55.4 Å². The SMILES string of the molecule is C=C1CC2C(CCC3(C)C(=O)CCC23)C2(C)C=CCC=C12. The van der Waals surface area contributed by atoms with Gasteiger partial charge in [-0.3, -0.25) is 4.79 Å². The highest BCUT2D eigenvalue weighted by atomic mass is 16.1. The van der Waals surface area contributed by atoms with Crippen molar-refractivity contribution in [2.75, 3.05) is 0 Å². The van der Waals surface area contributed by atoms with Gasteiger partial charge in [-0.1, -0.05) is 44.2 Å². The van der Waals surface area contributed by atoms with Gasteiger partial charge in [0.2, 0.25) is 0 Å². The van der Waals surface area contributed by atoms with Gasteiger partial charge in [0, 0.05) is 17.3 Å². The van der Waals surface area contributed by atoms with Crippen molar-refractivity contribution in [3.63, 3.8) is 0 Å². The van der Waals surface area contributed by atoms with E-state index < -0.39 is 0 Å². The summed E-state index contributed by atoms with van der Waals surface area (Å²) < 4.78 is 0. The maximum Gasteiger partial charge on any atom is 0.139 e. The van der Waals surface area contributed by atoms with Crippen LogP contribution in [0.2, 0.25) is 0 Å². The van der Waals surface area contributed by atoms with Crippen molar-refractivity contribution in [2.45, 2.75) is 52.4 Å². The Morgan fingerprint density at radius 1 is 1.24 bits per heavy atom. The Labute approximate surface area is 128 Å². The van der Waals surface area contributed by atoms with Crippen LogP contribution >= 0.6 is 0 Å². The Morgan fingerprint density at radius 2 is 2.05 bits per heavy atom. The monoisotopic (exact) mass is 282 g/mol. The van der Waals surface area contributed by atoms with Crippen molar-refractivity contribution in [1.29, 1.82) is 0 Å². The van der Waals surface area contributed by atoms with Crippen molar-refractivity contribution in [2.24, 2.45) is 28.6 Å². The van der Waals surface area contributed by atoms with E-state index in [-0.39, 0.29) is 10.8 Å². The minimum Gasteiger partial charge on any atom is -0.299 e. The van der Waals surface area contributed by atoms with Crippen LogP contribution in [0, 0.1) is 28.6 Å². The molecule has 4 aliphatic rings. The van der Waals surface area contributed by atoms with Crippen molar-refractivity contribution in [3.8, 4) is 0 Å². The lowest BCUT2D eigenvalue weighted by atomic mass is 9.48. The molecule has 5 unspecified atom stereocenters. The van der Waals surface area contributed by atoms with E-state index in [0.29, 0.717) is 23.5 Å². The lowest BCUT2D eigenvalue weighted by Crippen LogP contribution is -2.49. The summed E-state index contributed by atoms with van der Waals surface area (Å²) in [6, 6.07) is 0. The molecule has 3 saturated carbocycles. The number of allylic oxidation sites excluding steroid dienone is 5. The standard InChI is InChI=1S/C20H26O/c1-13-12-14-16-7-8-18(21)20(16,3)11-9-17(14)19(2)10-5-4-6-15(13)19/h5-6,10,14,16-17H,1,4,7-9,11-12H2,2-3H3. The zero-order valence-electron chi connectivity index (χ0n) is 13.3. The van der Waals surface area contributed by atoms with Crippen LogP contribution in [0.5, 0.6) is 0 Å². The number of ketones is 1. The average Bonchev–Trinajstić information content (AvgIpc) is 2.75. The lowest BCUT2D eigenvalue weighted by Gasteiger charge is -2.56. The second-order valence-electron chi connectivity index (χ2n) is 8.14. The Balaban J connectivity index is 1.77. The van der Waals surface area contributed by atoms with E-state index in [2.05, 4.69) is 38.7 Å². The first-order valence-corrected chi connectivity index (χ1v) is 8.56. The normalized spacial score (nSPS) is 48.5. The third kappa shape index (κ3) is 1.61. The van der Waals surface area contributed by atoms with Crippen LogP contribution in [-0.2, 0) is 4.79 Å². The van der Waals surface area contributed by atoms with Crippen molar-refractivity contribution >= 4 is 5.78 Å². The zero-order valence-corrected chi connectivity index (χ0v) is 13.3. The highest BCUT2D eigenvalue weighted by Gasteiger charge is 2.58. The number of rotatable bonds is 0. The largest absolute Gasteiger partial charge is 0.299 e. The van der Waals surface area contributed by atoms with Crippen molar-refractivity contribution < 1.29 is 4.79 Å². The fourth-order valence-electron chi connectivity index (χ4n) is 6.14. The number of hydrogen-bond donors (Lipinski definition) is 0. The molecule has 0 amide bonds. The third-order valence-electron chi connectivity index (χ3n) is 7.28. The molecule has 0 aromatic heterocycles. The van der Waals surface area contributed by atoms with Crippen LogP contribution in [-0.4, -0.2) is 5.78 Å². The fourth-order valence-corrected chi connectivity index (χ4v) is 6.14. The minimum absolute atomic E-state index is 0.0304. The Kier molecular flexibility index (Phi) is 2.72. The maximum atomic E-state index is 12.4. The molecule has 21 heavy (non-hydrogen) atoms. The molecular weight excluding hydrogens is 256 g/mol. The van der Waals surface area contributed by atoms with E-state index >= 15 is 0 Å². The summed E-state index contributed by atoms with van der Waals surface area (Å²) in [5.74, 6) is 2.49. The summed E-state index contributed by atoms with van der Waals surface area (Å²) in [4.78, 5) is 12.4. The van der Waals surface area contributed by atoms with Crippen LogP contribution in [0.25, 0.3) is 0 Å². The molecule has 1 nitrogen and oxygen atoms in total. The summed E-state index contributed by atoms with van der Waals surface area (Å²) >= 11 is 0. The first-order valence-electron chi connectivity index (χ1n) is 8.56. The molecule has 0 bridgehead atoms. The Bertz CT molecular complexity index is 581.